The number of urea groups is 1. The molecular formula is C9H16N2O4. The third-order valence-corrected chi connectivity index (χ3v) is 1.54. The van der Waals surface area contributed by atoms with E-state index < -0.39 is 18.1 Å². The average molecular weight is 216 g/mol. The molecule has 0 aromatic rings. The molecule has 0 spiro atoms. The van der Waals surface area contributed by atoms with Crippen molar-refractivity contribution in [1.82, 2.24) is 10.6 Å². The van der Waals surface area contributed by atoms with Crippen LogP contribution in [-0.2, 0) is 4.79 Å². The standard InChI is InChI=1S/C9H16N2O4/c1-6(2)5-11-9(15)10-4-3-7(12)8(13)14/h7,12H,1,3-5H2,2H3,(H,13,14)(H2,10,11,15)/t7-/m0/s1. The maximum Gasteiger partial charge on any atom is 0.332 e. The van der Waals surface area contributed by atoms with Crippen molar-refractivity contribution in [3.8, 4) is 0 Å². The van der Waals surface area contributed by atoms with Gasteiger partial charge in [0.2, 0.25) is 0 Å². The minimum atomic E-state index is -1.44. The Morgan fingerprint density at radius 2 is 2.00 bits per heavy atom. The lowest BCUT2D eigenvalue weighted by Crippen LogP contribution is -2.38. The SMILES string of the molecule is C=C(C)CNC(=O)NCC[C@H](O)C(=O)O. The molecule has 0 fully saturated rings. The molecule has 4 N–H and O–H groups in total. The van der Waals surface area contributed by atoms with E-state index in [1.165, 1.54) is 0 Å². The lowest BCUT2D eigenvalue weighted by atomic mass is 10.2. The van der Waals surface area contributed by atoms with Gasteiger partial charge in [0.05, 0.1) is 0 Å². The summed E-state index contributed by atoms with van der Waals surface area (Å²) in [6.07, 6.45) is -1.46. The smallest absolute Gasteiger partial charge is 0.332 e. The van der Waals surface area contributed by atoms with Crippen LogP contribution in [0.2, 0.25) is 0 Å². The second-order valence-corrected chi connectivity index (χ2v) is 3.21. The fourth-order valence-electron chi connectivity index (χ4n) is 0.740. The average Bonchev–Trinajstić information content (AvgIpc) is 2.14. The zero-order valence-electron chi connectivity index (χ0n) is 8.62. The molecule has 0 rings (SSSR count). The van der Waals surface area contributed by atoms with Crippen molar-refractivity contribution in [2.24, 2.45) is 0 Å². The van der Waals surface area contributed by atoms with Crippen LogP contribution in [0.1, 0.15) is 13.3 Å². The van der Waals surface area contributed by atoms with Crippen molar-refractivity contribution < 1.29 is 19.8 Å². The summed E-state index contributed by atoms with van der Waals surface area (Å²) in [6.45, 7) is 5.85. The molecule has 0 radical (unpaired) electrons. The number of amides is 2. The van der Waals surface area contributed by atoms with Gasteiger partial charge in [-0.1, -0.05) is 12.2 Å². The van der Waals surface area contributed by atoms with Crippen LogP contribution in [0.5, 0.6) is 0 Å². The van der Waals surface area contributed by atoms with Gasteiger partial charge in [-0.15, -0.1) is 0 Å². The summed E-state index contributed by atoms with van der Waals surface area (Å²) >= 11 is 0. The largest absolute Gasteiger partial charge is 0.479 e. The van der Waals surface area contributed by atoms with Gasteiger partial charge < -0.3 is 20.8 Å². The summed E-state index contributed by atoms with van der Waals surface area (Å²) in [5.41, 5.74) is 0.815. The first-order valence-corrected chi connectivity index (χ1v) is 4.50. The van der Waals surface area contributed by atoms with E-state index in [9.17, 15) is 9.59 Å². The van der Waals surface area contributed by atoms with Crippen molar-refractivity contribution in [3.05, 3.63) is 12.2 Å². The monoisotopic (exact) mass is 216 g/mol. The molecule has 86 valence electrons. The van der Waals surface area contributed by atoms with Gasteiger partial charge >= 0.3 is 12.0 Å². The van der Waals surface area contributed by atoms with E-state index in [1.807, 2.05) is 0 Å². The first-order valence-electron chi connectivity index (χ1n) is 4.50. The van der Waals surface area contributed by atoms with Gasteiger partial charge in [0.25, 0.3) is 0 Å². The number of aliphatic hydroxyl groups excluding tert-OH is 1. The number of aliphatic carboxylic acids is 1. The molecule has 0 unspecified atom stereocenters. The van der Waals surface area contributed by atoms with Gasteiger partial charge in [-0.2, -0.15) is 0 Å². The van der Waals surface area contributed by atoms with E-state index in [0.29, 0.717) is 6.54 Å². The number of rotatable bonds is 6. The zero-order chi connectivity index (χ0) is 11.8. The Bertz CT molecular complexity index is 252. The number of nitrogens with one attached hydrogen (secondary N) is 2. The Balaban J connectivity index is 3.55. The Hall–Kier alpha value is -1.56. The van der Waals surface area contributed by atoms with Crippen LogP contribution in [0, 0.1) is 0 Å². The quantitative estimate of drug-likeness (QED) is 0.458. The van der Waals surface area contributed by atoms with Crippen LogP contribution < -0.4 is 10.6 Å². The third-order valence-electron chi connectivity index (χ3n) is 1.54. The van der Waals surface area contributed by atoms with E-state index in [0.717, 1.165) is 5.57 Å². The minimum Gasteiger partial charge on any atom is -0.479 e. The Morgan fingerprint density at radius 1 is 1.40 bits per heavy atom. The van der Waals surface area contributed by atoms with Crippen LogP contribution in [0.3, 0.4) is 0 Å². The molecular weight excluding hydrogens is 200 g/mol. The van der Waals surface area contributed by atoms with Gasteiger partial charge in [-0.3, -0.25) is 0 Å². The van der Waals surface area contributed by atoms with Gasteiger partial charge in [0.1, 0.15) is 0 Å². The van der Waals surface area contributed by atoms with Crippen LogP contribution in [0.4, 0.5) is 4.79 Å². The number of aliphatic hydroxyl groups is 1. The molecule has 0 bridgehead atoms. The Morgan fingerprint density at radius 3 is 2.47 bits per heavy atom. The van der Waals surface area contributed by atoms with E-state index in [1.54, 1.807) is 6.92 Å². The molecule has 0 saturated carbocycles. The highest BCUT2D eigenvalue weighted by molar-refractivity contribution is 5.74. The maximum absolute atomic E-state index is 11.0. The number of hydrogen-bond acceptors (Lipinski definition) is 3. The van der Waals surface area contributed by atoms with E-state index in [-0.39, 0.29) is 13.0 Å². The number of carboxylic acid groups (broad SMARTS) is 1. The second kappa shape index (κ2) is 6.83. The van der Waals surface area contributed by atoms with Crippen LogP contribution in [0.15, 0.2) is 12.2 Å². The van der Waals surface area contributed by atoms with Crippen molar-refractivity contribution in [3.63, 3.8) is 0 Å². The zero-order valence-corrected chi connectivity index (χ0v) is 8.62. The molecule has 6 nitrogen and oxygen atoms in total. The van der Waals surface area contributed by atoms with Gasteiger partial charge in [-0.25, -0.2) is 9.59 Å². The molecule has 6 heteroatoms. The molecule has 2 amide bonds. The van der Waals surface area contributed by atoms with E-state index in [4.69, 9.17) is 10.2 Å². The molecule has 15 heavy (non-hydrogen) atoms. The molecule has 1 atom stereocenters. The normalized spacial score (nSPS) is 11.6. The Labute approximate surface area is 88.0 Å². The summed E-state index contributed by atoms with van der Waals surface area (Å²) in [7, 11) is 0. The minimum absolute atomic E-state index is 0.0180. The number of carbonyl (C=O) groups excluding carboxylic acids is 1. The summed E-state index contributed by atoms with van der Waals surface area (Å²) in [5.74, 6) is -1.29. The lowest BCUT2D eigenvalue weighted by Gasteiger charge is -2.08. The van der Waals surface area contributed by atoms with Gasteiger partial charge in [0, 0.05) is 19.5 Å². The van der Waals surface area contributed by atoms with Crippen molar-refractivity contribution in [2.45, 2.75) is 19.4 Å². The highest BCUT2D eigenvalue weighted by Crippen LogP contribution is 1.89. The molecule has 0 aromatic heterocycles. The topological polar surface area (TPSA) is 98.7 Å². The first-order chi connectivity index (χ1) is 6.93. The lowest BCUT2D eigenvalue weighted by molar-refractivity contribution is -0.146. The molecule has 0 aliphatic heterocycles. The van der Waals surface area contributed by atoms with Crippen LogP contribution >= 0.6 is 0 Å². The fourth-order valence-corrected chi connectivity index (χ4v) is 0.740. The summed E-state index contributed by atoms with van der Waals surface area (Å²) in [4.78, 5) is 21.2. The molecule has 0 aliphatic carbocycles. The number of hydrogen-bond donors (Lipinski definition) is 4. The highest BCUT2D eigenvalue weighted by Gasteiger charge is 2.12. The number of carbonyl (C=O) groups is 2. The van der Waals surface area contributed by atoms with Crippen molar-refractivity contribution >= 4 is 12.0 Å². The molecule has 0 aliphatic rings. The van der Waals surface area contributed by atoms with Crippen LogP contribution in [0.25, 0.3) is 0 Å². The van der Waals surface area contributed by atoms with E-state index in [2.05, 4.69) is 17.2 Å². The number of carboxylic acids is 1. The Kier molecular flexibility index (Phi) is 6.12. The summed E-state index contributed by atoms with van der Waals surface area (Å²) in [6, 6.07) is -0.407. The predicted molar refractivity (Wildman–Crippen MR) is 54.5 cm³/mol. The summed E-state index contributed by atoms with van der Waals surface area (Å²) < 4.78 is 0. The maximum atomic E-state index is 11.0. The highest BCUT2D eigenvalue weighted by atomic mass is 16.4. The van der Waals surface area contributed by atoms with Crippen LogP contribution in [-0.4, -0.2) is 41.4 Å². The van der Waals surface area contributed by atoms with Gasteiger partial charge in [0.15, 0.2) is 6.10 Å². The van der Waals surface area contributed by atoms with Crippen molar-refractivity contribution in [1.29, 1.82) is 0 Å². The molecule has 0 saturated heterocycles. The molecule has 0 aromatic carbocycles. The van der Waals surface area contributed by atoms with E-state index >= 15 is 0 Å². The van der Waals surface area contributed by atoms with Crippen molar-refractivity contribution in [2.75, 3.05) is 13.1 Å². The second-order valence-electron chi connectivity index (χ2n) is 3.21. The first kappa shape index (κ1) is 13.4. The molecule has 0 heterocycles. The third kappa shape index (κ3) is 7.51. The summed E-state index contributed by atoms with van der Waals surface area (Å²) in [5, 5.41) is 22.1. The van der Waals surface area contributed by atoms with Gasteiger partial charge in [-0.05, 0) is 6.92 Å². The fraction of sp³-hybridized carbons (Fsp3) is 0.556. The predicted octanol–water partition coefficient (Wildman–Crippen LogP) is -0.303.